The van der Waals surface area contributed by atoms with E-state index in [0.29, 0.717) is 6.61 Å². The minimum atomic E-state index is -0.499. The number of hydrogen-bond acceptors (Lipinski definition) is 2. The molecule has 0 aromatic heterocycles. The third-order valence-corrected chi connectivity index (χ3v) is 1.73. The first kappa shape index (κ1) is 9.81. The van der Waals surface area contributed by atoms with E-state index in [1.807, 2.05) is 24.3 Å². The van der Waals surface area contributed by atoms with Crippen molar-refractivity contribution in [3.8, 4) is 5.75 Å². The number of ether oxygens (including phenoxy) is 1. The summed E-state index contributed by atoms with van der Waals surface area (Å²) in [5.74, 6) is 0.720. The van der Waals surface area contributed by atoms with Crippen molar-refractivity contribution in [2.45, 2.75) is 13.0 Å². The van der Waals surface area contributed by atoms with E-state index < -0.39 is 6.10 Å². The predicted octanol–water partition coefficient (Wildman–Crippen LogP) is 2.30. The molecule has 0 saturated heterocycles. The Balaban J connectivity index is 2.84. The van der Waals surface area contributed by atoms with Crippen molar-refractivity contribution in [2.24, 2.45) is 0 Å². The zero-order valence-corrected chi connectivity index (χ0v) is 7.73. The normalized spacial score (nSPS) is 12.2. The number of para-hydroxylation sites is 1. The third kappa shape index (κ3) is 2.60. The average Bonchev–Trinajstić information content (AvgIpc) is 2.15. The lowest BCUT2D eigenvalue weighted by Crippen LogP contribution is -1.99. The van der Waals surface area contributed by atoms with Crippen LogP contribution in [0.15, 0.2) is 36.9 Å². The van der Waals surface area contributed by atoms with Crippen molar-refractivity contribution < 1.29 is 9.84 Å². The second-order valence-corrected chi connectivity index (χ2v) is 2.81. The first-order valence-electron chi connectivity index (χ1n) is 4.26. The molecule has 1 aromatic rings. The molecule has 1 aromatic carbocycles. The minimum absolute atomic E-state index is 0.462. The fourth-order valence-corrected chi connectivity index (χ4v) is 1.11. The molecule has 0 amide bonds. The van der Waals surface area contributed by atoms with Gasteiger partial charge in [-0.25, -0.2) is 0 Å². The Morgan fingerprint density at radius 2 is 2.23 bits per heavy atom. The van der Waals surface area contributed by atoms with E-state index in [4.69, 9.17) is 4.74 Å². The van der Waals surface area contributed by atoms with Gasteiger partial charge in [0.2, 0.25) is 0 Å². The molecule has 2 nitrogen and oxygen atoms in total. The molecule has 0 spiro atoms. The summed E-state index contributed by atoms with van der Waals surface area (Å²) < 4.78 is 5.37. The molecule has 0 bridgehead atoms. The fraction of sp³-hybridized carbons (Fsp3) is 0.273. The molecule has 2 heteroatoms. The standard InChI is InChI=1S/C11H14O2/c1-3-8-13-11-7-5-4-6-10(11)9(2)12/h3-7,9,12H,1,8H2,2H3. The topological polar surface area (TPSA) is 29.5 Å². The molecule has 0 heterocycles. The van der Waals surface area contributed by atoms with Gasteiger partial charge in [0.25, 0.3) is 0 Å². The van der Waals surface area contributed by atoms with Crippen LogP contribution < -0.4 is 4.74 Å². The van der Waals surface area contributed by atoms with Gasteiger partial charge >= 0.3 is 0 Å². The van der Waals surface area contributed by atoms with Gasteiger partial charge in [0, 0.05) is 5.56 Å². The van der Waals surface area contributed by atoms with Gasteiger partial charge in [0.1, 0.15) is 12.4 Å². The fourth-order valence-electron chi connectivity index (χ4n) is 1.11. The van der Waals surface area contributed by atoms with Gasteiger partial charge in [-0.15, -0.1) is 0 Å². The van der Waals surface area contributed by atoms with Crippen molar-refractivity contribution in [1.29, 1.82) is 0 Å². The first-order valence-corrected chi connectivity index (χ1v) is 4.26. The van der Waals surface area contributed by atoms with Crippen molar-refractivity contribution in [3.05, 3.63) is 42.5 Å². The average molecular weight is 178 g/mol. The van der Waals surface area contributed by atoms with Gasteiger partial charge in [-0.3, -0.25) is 0 Å². The van der Waals surface area contributed by atoms with Gasteiger partial charge in [-0.1, -0.05) is 30.9 Å². The summed E-state index contributed by atoms with van der Waals surface area (Å²) in [5, 5.41) is 9.40. The molecular formula is C11H14O2. The van der Waals surface area contributed by atoms with Gasteiger partial charge in [-0.05, 0) is 13.0 Å². The van der Waals surface area contributed by atoms with E-state index in [0.717, 1.165) is 11.3 Å². The lowest BCUT2D eigenvalue weighted by molar-refractivity contribution is 0.193. The zero-order chi connectivity index (χ0) is 9.68. The summed E-state index contributed by atoms with van der Waals surface area (Å²) in [5.41, 5.74) is 0.810. The maximum atomic E-state index is 9.40. The van der Waals surface area contributed by atoms with Crippen LogP contribution in [0.25, 0.3) is 0 Å². The number of rotatable bonds is 4. The highest BCUT2D eigenvalue weighted by molar-refractivity contribution is 5.34. The second kappa shape index (κ2) is 4.67. The van der Waals surface area contributed by atoms with Crippen LogP contribution in [0.4, 0.5) is 0 Å². The molecule has 1 unspecified atom stereocenters. The van der Waals surface area contributed by atoms with Crippen LogP contribution in [-0.4, -0.2) is 11.7 Å². The van der Waals surface area contributed by atoms with Crippen LogP contribution in [0.2, 0.25) is 0 Å². The Hall–Kier alpha value is -1.28. The van der Waals surface area contributed by atoms with Gasteiger partial charge in [0.15, 0.2) is 0 Å². The summed E-state index contributed by atoms with van der Waals surface area (Å²) in [7, 11) is 0. The lowest BCUT2D eigenvalue weighted by atomic mass is 10.1. The molecule has 1 rings (SSSR count). The van der Waals surface area contributed by atoms with Crippen LogP contribution in [0, 0.1) is 0 Å². The lowest BCUT2D eigenvalue weighted by Gasteiger charge is -2.11. The van der Waals surface area contributed by atoms with Crippen LogP contribution in [0.3, 0.4) is 0 Å². The highest BCUT2D eigenvalue weighted by Crippen LogP contribution is 2.24. The summed E-state index contributed by atoms with van der Waals surface area (Å²) in [6.45, 7) is 5.74. The number of aliphatic hydroxyl groups excluding tert-OH is 1. The van der Waals surface area contributed by atoms with Crippen LogP contribution >= 0.6 is 0 Å². The van der Waals surface area contributed by atoms with Crippen molar-refractivity contribution in [3.63, 3.8) is 0 Å². The molecule has 70 valence electrons. The van der Waals surface area contributed by atoms with Crippen LogP contribution in [0.5, 0.6) is 5.75 Å². The largest absolute Gasteiger partial charge is 0.489 e. The maximum Gasteiger partial charge on any atom is 0.125 e. The Morgan fingerprint density at radius 1 is 1.54 bits per heavy atom. The molecule has 1 atom stereocenters. The molecule has 0 aliphatic heterocycles. The Bertz CT molecular complexity index is 279. The molecule has 0 fully saturated rings. The summed E-state index contributed by atoms with van der Waals surface area (Å²) in [4.78, 5) is 0. The summed E-state index contributed by atoms with van der Waals surface area (Å²) in [6.07, 6.45) is 1.18. The van der Waals surface area contributed by atoms with E-state index in [2.05, 4.69) is 6.58 Å². The Labute approximate surface area is 78.5 Å². The molecule has 0 saturated carbocycles. The van der Waals surface area contributed by atoms with Gasteiger partial charge in [0.05, 0.1) is 6.10 Å². The highest BCUT2D eigenvalue weighted by Gasteiger charge is 2.06. The number of hydrogen-bond donors (Lipinski definition) is 1. The van der Waals surface area contributed by atoms with E-state index in [1.165, 1.54) is 0 Å². The van der Waals surface area contributed by atoms with Crippen LogP contribution in [-0.2, 0) is 0 Å². The summed E-state index contributed by atoms with van der Waals surface area (Å²) in [6, 6.07) is 7.45. The minimum Gasteiger partial charge on any atom is -0.489 e. The van der Waals surface area contributed by atoms with Crippen molar-refractivity contribution in [1.82, 2.24) is 0 Å². The van der Waals surface area contributed by atoms with E-state index in [9.17, 15) is 5.11 Å². The summed E-state index contributed by atoms with van der Waals surface area (Å²) >= 11 is 0. The van der Waals surface area contributed by atoms with Crippen molar-refractivity contribution in [2.75, 3.05) is 6.61 Å². The quantitative estimate of drug-likeness (QED) is 0.717. The smallest absolute Gasteiger partial charge is 0.125 e. The highest BCUT2D eigenvalue weighted by atomic mass is 16.5. The molecule has 0 aliphatic carbocycles. The monoisotopic (exact) mass is 178 g/mol. The molecule has 0 aliphatic rings. The number of aliphatic hydroxyl groups is 1. The molecule has 13 heavy (non-hydrogen) atoms. The molecule has 1 N–H and O–H groups in total. The van der Waals surface area contributed by atoms with E-state index >= 15 is 0 Å². The second-order valence-electron chi connectivity index (χ2n) is 2.81. The van der Waals surface area contributed by atoms with E-state index in [1.54, 1.807) is 13.0 Å². The Morgan fingerprint density at radius 3 is 2.85 bits per heavy atom. The van der Waals surface area contributed by atoms with E-state index in [-0.39, 0.29) is 0 Å². The predicted molar refractivity (Wildman–Crippen MR) is 52.8 cm³/mol. The van der Waals surface area contributed by atoms with Gasteiger partial charge in [-0.2, -0.15) is 0 Å². The molecule has 0 radical (unpaired) electrons. The van der Waals surface area contributed by atoms with Crippen LogP contribution in [0.1, 0.15) is 18.6 Å². The first-order chi connectivity index (χ1) is 6.25. The van der Waals surface area contributed by atoms with Gasteiger partial charge < -0.3 is 9.84 Å². The SMILES string of the molecule is C=CCOc1ccccc1C(C)O. The number of benzene rings is 1. The third-order valence-electron chi connectivity index (χ3n) is 1.73. The molecular weight excluding hydrogens is 164 g/mol. The van der Waals surface area contributed by atoms with Crippen molar-refractivity contribution >= 4 is 0 Å². The zero-order valence-electron chi connectivity index (χ0n) is 7.73. The maximum absolute atomic E-state index is 9.40. The Kier molecular flexibility index (Phi) is 3.53.